The summed E-state index contributed by atoms with van der Waals surface area (Å²) in [5.41, 5.74) is -1.91. The van der Waals surface area contributed by atoms with Crippen LogP contribution in [0.5, 0.6) is 17.2 Å². The fourth-order valence-corrected chi connectivity index (χ4v) is 19.4. The molecule has 39 heteroatoms. The minimum atomic E-state index is -4.26. The number of anilines is 2. The second-order valence-corrected chi connectivity index (χ2v) is 40.5. The zero-order valence-electron chi connectivity index (χ0n) is 73.6. The van der Waals surface area contributed by atoms with Crippen molar-refractivity contribution in [3.63, 3.8) is 0 Å². The molecule has 8 saturated carbocycles. The van der Waals surface area contributed by atoms with Crippen LogP contribution in [0.15, 0.2) is 121 Å². The monoisotopic (exact) mass is 1920 g/mol. The maximum Gasteiger partial charge on any atom is 0.408 e. The SMILES string of the molecule is C=C[C@@H]1C[C@]1(NC(=O)[C@@H]1C[C@@H](Oc2cc(-c3coc(NC4CC4)n3)nc3c(Cl)c(OCCOC)ccc23)CN1C(=O)[C@@H](NC(=O)OC1C[C@@H]2C[C@@H]2C1)C(C)(C)C)C(=O)O.C=C[C@@H]1C[C@]1(NC(=O)[C@@H]1C[C@H](OS(=O)(=O)c2ccc(Br)cc2)CN1C(=O)[C@@H](NC(=O)OC1C[C@@H]2C[C@@H]2C1)C(C)(C)C)C(=O)OC.COCCOc1ccc2c(=O)cc(-c3coc(NC4CC4)n3)[nH]c2c1Cl. The Morgan fingerprint density at radius 1 is 0.608 bits per heavy atom. The number of carbonyl (C=O) groups excluding carboxylic acids is 7. The minimum absolute atomic E-state index is 0.00268. The summed E-state index contributed by atoms with van der Waals surface area (Å²) < 4.78 is 88.3. The number of halogens is 3. The summed E-state index contributed by atoms with van der Waals surface area (Å²) in [4.78, 5) is 140. The molecule has 16 atom stereocenters. The molecule has 0 radical (unpaired) electrons. The molecular formula is C91H109BrCl2N12O23S. The van der Waals surface area contributed by atoms with Crippen LogP contribution in [0.1, 0.15) is 131 Å². The van der Waals surface area contributed by atoms with E-state index < -0.39 is 122 Å². The van der Waals surface area contributed by atoms with E-state index in [0.717, 1.165) is 64.2 Å². The summed E-state index contributed by atoms with van der Waals surface area (Å²) in [5.74, 6) is -1.58. The van der Waals surface area contributed by atoms with Crippen LogP contribution >= 0.6 is 39.1 Å². The zero-order valence-corrected chi connectivity index (χ0v) is 77.5. The maximum absolute atomic E-state index is 14.7. The molecule has 2 saturated heterocycles. The molecule has 7 aromatic rings. The number of esters is 1. The summed E-state index contributed by atoms with van der Waals surface area (Å²) in [7, 11) is 0.117. The molecule has 4 aromatic heterocycles. The lowest BCUT2D eigenvalue weighted by Crippen LogP contribution is -2.59. The van der Waals surface area contributed by atoms with Crippen LogP contribution in [0.2, 0.25) is 10.0 Å². The molecule has 6 amide bonds. The van der Waals surface area contributed by atoms with Gasteiger partial charge in [0.1, 0.15) is 118 Å². The molecule has 17 rings (SSSR count). The van der Waals surface area contributed by atoms with Crippen molar-refractivity contribution in [2.75, 3.05) is 71.5 Å². The van der Waals surface area contributed by atoms with Crippen LogP contribution in [0.3, 0.4) is 0 Å². The summed E-state index contributed by atoms with van der Waals surface area (Å²) in [5, 5.41) is 29.1. The van der Waals surface area contributed by atoms with E-state index in [0.29, 0.717) is 139 Å². The third-order valence-electron chi connectivity index (χ3n) is 25.5. The summed E-state index contributed by atoms with van der Waals surface area (Å²) in [6, 6.07) is 12.9. The van der Waals surface area contributed by atoms with E-state index in [1.54, 1.807) is 83.5 Å². The Labute approximate surface area is 769 Å². The van der Waals surface area contributed by atoms with E-state index in [-0.39, 0.29) is 78.9 Å². The molecule has 6 heterocycles. The molecule has 10 aliphatic rings. The Morgan fingerprint density at radius 2 is 1.09 bits per heavy atom. The number of methoxy groups -OCH3 is 3. The molecule has 10 fully saturated rings. The quantitative estimate of drug-likeness (QED) is 0.00622. The van der Waals surface area contributed by atoms with Gasteiger partial charge < -0.3 is 98.5 Å². The van der Waals surface area contributed by atoms with Gasteiger partial charge in [-0.05, 0) is 160 Å². The maximum atomic E-state index is 14.7. The number of aromatic nitrogens is 4. The average molecular weight is 1920 g/mol. The van der Waals surface area contributed by atoms with Gasteiger partial charge in [-0.15, -0.1) is 13.2 Å². The van der Waals surface area contributed by atoms with Gasteiger partial charge in [-0.1, -0.05) is 92.8 Å². The number of aromatic amines is 1. The van der Waals surface area contributed by atoms with Crippen molar-refractivity contribution >= 4 is 131 Å². The summed E-state index contributed by atoms with van der Waals surface area (Å²) in [6.07, 6.45) is 12.5. The Bertz CT molecular complexity index is 5660. The number of ether oxygens (including phenoxy) is 8. The minimum Gasteiger partial charge on any atom is -0.490 e. The molecule has 8 aliphatic carbocycles. The van der Waals surface area contributed by atoms with Crippen LogP contribution in [-0.2, 0) is 66.8 Å². The number of fused-ring (bicyclic) bond motifs is 4. The molecule has 2 unspecified atom stereocenters. The van der Waals surface area contributed by atoms with Crippen molar-refractivity contribution in [2.45, 2.75) is 208 Å². The number of nitrogens with one attached hydrogen (secondary N) is 7. The Balaban J connectivity index is 0.000000161. The molecule has 0 spiro atoms. The highest BCUT2D eigenvalue weighted by molar-refractivity contribution is 9.10. The number of aliphatic carboxylic acids is 1. The van der Waals surface area contributed by atoms with Gasteiger partial charge in [-0.2, -0.15) is 18.4 Å². The van der Waals surface area contributed by atoms with Gasteiger partial charge in [-0.3, -0.25) is 28.2 Å². The lowest BCUT2D eigenvalue weighted by Gasteiger charge is -2.35. The van der Waals surface area contributed by atoms with Crippen molar-refractivity contribution in [3.05, 3.63) is 123 Å². The summed E-state index contributed by atoms with van der Waals surface area (Å²) in [6.45, 7) is 19.3. The number of likely N-dealkylation sites (tertiary alicyclic amines) is 2. The number of pyridine rings is 2. The number of oxazole rings is 2. The van der Waals surface area contributed by atoms with Crippen molar-refractivity contribution in [1.82, 2.24) is 51.0 Å². The summed E-state index contributed by atoms with van der Waals surface area (Å²) >= 11 is 16.6. The van der Waals surface area contributed by atoms with E-state index in [1.807, 2.05) is 20.8 Å². The first kappa shape index (κ1) is 94.1. The number of hydrogen-bond acceptors (Lipinski definition) is 27. The second kappa shape index (κ2) is 38.3. The van der Waals surface area contributed by atoms with Crippen LogP contribution in [0, 0.1) is 46.3 Å². The van der Waals surface area contributed by atoms with Gasteiger partial charge >= 0.3 is 24.1 Å². The number of amides is 6. The molecule has 35 nitrogen and oxygen atoms in total. The number of benzene rings is 3. The second-order valence-electron chi connectivity index (χ2n) is 37.3. The van der Waals surface area contributed by atoms with Crippen molar-refractivity contribution < 1.29 is 103 Å². The number of hydrogen-bond donors (Lipinski definition) is 8. The first-order valence-electron chi connectivity index (χ1n) is 43.7. The van der Waals surface area contributed by atoms with Crippen LogP contribution in [-0.4, -0.2) is 224 Å². The largest absolute Gasteiger partial charge is 0.490 e. The van der Waals surface area contributed by atoms with Gasteiger partial charge in [0, 0.05) is 84.9 Å². The highest BCUT2D eigenvalue weighted by Crippen LogP contribution is 2.54. The van der Waals surface area contributed by atoms with E-state index in [4.69, 9.17) is 79.1 Å². The molecule has 698 valence electrons. The van der Waals surface area contributed by atoms with Crippen molar-refractivity contribution in [3.8, 4) is 40.0 Å². The molecular weight excluding hydrogens is 1810 g/mol. The lowest BCUT2D eigenvalue weighted by atomic mass is 9.85. The van der Waals surface area contributed by atoms with Crippen LogP contribution in [0.25, 0.3) is 44.6 Å². The predicted octanol–water partition coefficient (Wildman–Crippen LogP) is 12.3. The number of carboxylic acids is 1. The topological polar surface area (TPSA) is 450 Å². The smallest absolute Gasteiger partial charge is 0.408 e. The van der Waals surface area contributed by atoms with Crippen LogP contribution in [0.4, 0.5) is 21.6 Å². The first-order valence-corrected chi connectivity index (χ1v) is 46.6. The number of carbonyl (C=O) groups is 8. The van der Waals surface area contributed by atoms with Gasteiger partial charge in [0.15, 0.2) is 5.43 Å². The predicted molar refractivity (Wildman–Crippen MR) is 479 cm³/mol. The third kappa shape index (κ3) is 21.4. The Morgan fingerprint density at radius 3 is 1.58 bits per heavy atom. The normalized spacial score (nSPS) is 25.9. The molecule has 130 heavy (non-hydrogen) atoms. The lowest BCUT2D eigenvalue weighted by molar-refractivity contribution is -0.148. The number of H-pyrrole nitrogens is 1. The zero-order chi connectivity index (χ0) is 92.8. The average Bonchev–Trinajstić information content (AvgIpc) is 1.57. The third-order valence-corrected chi connectivity index (χ3v) is 28.1. The van der Waals surface area contributed by atoms with Crippen LogP contribution < -0.4 is 51.5 Å². The highest BCUT2D eigenvalue weighted by Gasteiger charge is 2.64. The van der Waals surface area contributed by atoms with E-state index >= 15 is 0 Å². The first-order chi connectivity index (χ1) is 61.9. The number of nitrogens with zero attached hydrogens (tertiary/aromatic N) is 5. The van der Waals surface area contributed by atoms with Crippen molar-refractivity contribution in [1.29, 1.82) is 0 Å². The Kier molecular flexibility index (Phi) is 27.7. The Hall–Kier alpha value is -10.6. The van der Waals surface area contributed by atoms with Gasteiger partial charge in [0.25, 0.3) is 22.1 Å². The van der Waals surface area contributed by atoms with Gasteiger partial charge in [0.05, 0.1) is 60.3 Å². The molecule has 8 N–H and O–H groups in total. The highest BCUT2D eigenvalue weighted by atomic mass is 79.9. The molecule has 0 bridgehead atoms. The number of carboxylic acid groups (broad SMARTS) is 1. The molecule has 3 aromatic carbocycles. The van der Waals surface area contributed by atoms with E-state index in [9.17, 15) is 56.7 Å². The standard InChI is InChI=1S/C42H51ClN6O10.C31H40BrN3O9S.C18H18ClN3O4/c1-6-23-18-42(23,38(52)53)48-36(50)30-16-26(19-49(30)37(51)35(41(2,3)4)47-40(54)59-25-14-21-13-22(21)15-25)58-32-17-28(29-20-57-39(46-29)44-24-7-8-24)45-34-27(32)9-10-31(33(34)43)56-12-11-55-5;1-6-19-15-31(19,28(38)42-5)34-26(36)24-14-22(44-45(40,41)23-9-7-20(32)8-10-23)16-35(24)27(37)25(30(2,3)4)33-29(39)43-21-12-17-11-18(17)13-21;1-24-6-7-25-15-5-4-11-14(23)8-12(21-17(11)16(15)19)13-9-26-18(22-13)20-10-2-3-10/h6,9-10,17,20-26,30,35H,1,7-8,11-16,18-19H2,2-5H3,(H,44,46)(H,47,54)(H,48,50)(H,52,53);6-10,17-19,21-22,24-25H,1,11-16H2,2-5H3,(H,33,39)(H,34,36);4-5,8-10H,2-3,6-7H2,1H3,(H,20,22)(H,21,23)/t21-,22+,23-,25?,26-,30+,35-,42-;17-,18+,19-,21?,22+,24+,25-,31-;/m11./s1. The van der Waals surface area contributed by atoms with Crippen molar-refractivity contribution in [2.24, 2.45) is 46.3 Å². The van der Waals surface area contributed by atoms with Gasteiger partial charge in [0.2, 0.25) is 23.6 Å². The van der Waals surface area contributed by atoms with Gasteiger partial charge in [-0.25, -0.2) is 24.2 Å². The van der Waals surface area contributed by atoms with E-state index in [1.165, 1.54) is 53.7 Å². The fraction of sp³-hybridized carbons (Fsp3) is 0.538. The fourth-order valence-electron chi connectivity index (χ4n) is 17.6. The number of alkyl carbamates (subject to hydrolysis) is 2. The molecule has 2 aliphatic heterocycles. The number of rotatable bonds is 33. The van der Waals surface area contributed by atoms with E-state index in [2.05, 4.69) is 75.9 Å².